The Labute approximate surface area is 167 Å². The van der Waals surface area contributed by atoms with Gasteiger partial charge >= 0.3 is 5.97 Å². The Kier molecular flexibility index (Phi) is 9.83. The third kappa shape index (κ3) is 7.05. The summed E-state index contributed by atoms with van der Waals surface area (Å²) in [6, 6.07) is 3.58. The predicted molar refractivity (Wildman–Crippen MR) is 105 cm³/mol. The molecule has 0 spiro atoms. The zero-order valence-corrected chi connectivity index (χ0v) is 17.1. The molecule has 2 N–H and O–H groups in total. The molecule has 26 heavy (non-hydrogen) atoms. The molecule has 0 aliphatic heterocycles. The summed E-state index contributed by atoms with van der Waals surface area (Å²) >= 11 is 13.4. The number of amides is 2. The molecule has 0 saturated carbocycles. The number of ether oxygens (including phenoxy) is 1. The largest absolute Gasteiger partial charge is 0.451 e. The van der Waals surface area contributed by atoms with Crippen LogP contribution in [0.3, 0.4) is 0 Å². The Morgan fingerprint density at radius 2 is 1.96 bits per heavy atom. The Morgan fingerprint density at radius 1 is 1.27 bits per heavy atom. The predicted octanol–water partition coefficient (Wildman–Crippen LogP) is 2.91. The molecule has 1 aromatic carbocycles. The Balaban J connectivity index is 2.83. The molecule has 144 valence electrons. The highest BCUT2D eigenvalue weighted by Crippen LogP contribution is 2.21. The Morgan fingerprint density at radius 3 is 2.54 bits per heavy atom. The van der Waals surface area contributed by atoms with Crippen LogP contribution in [0.25, 0.3) is 0 Å². The van der Waals surface area contributed by atoms with Gasteiger partial charge in [-0.3, -0.25) is 9.59 Å². The zero-order valence-electron chi connectivity index (χ0n) is 14.8. The molecular formula is C17H22Cl2N2O4S. The van der Waals surface area contributed by atoms with Crippen molar-refractivity contribution in [3.05, 3.63) is 33.8 Å². The molecule has 9 heteroatoms. The molecule has 1 rings (SSSR count). The first-order chi connectivity index (χ1) is 12.3. The lowest BCUT2D eigenvalue weighted by molar-refractivity contribution is -0.156. The van der Waals surface area contributed by atoms with E-state index < -0.39 is 29.9 Å². The second-order valence-electron chi connectivity index (χ2n) is 5.41. The van der Waals surface area contributed by atoms with E-state index in [2.05, 4.69) is 10.6 Å². The number of nitrogens with one attached hydrogen (secondary N) is 2. The van der Waals surface area contributed by atoms with Gasteiger partial charge in [-0.1, -0.05) is 23.2 Å². The van der Waals surface area contributed by atoms with Crippen molar-refractivity contribution in [3.8, 4) is 0 Å². The second kappa shape index (κ2) is 11.3. The van der Waals surface area contributed by atoms with Crippen LogP contribution in [0.4, 0.5) is 0 Å². The standard InChI is InChI=1S/C17H22Cl2N2O4S/c1-4-20-15(22)10(2)25-17(24)14(7-8-26-3)21-16(23)12-6-5-11(18)9-13(12)19/h5-6,9-10,14H,4,7-8H2,1-3H3,(H,20,22)(H,21,23)/t10-,14+/m0/s1. The van der Waals surface area contributed by atoms with Gasteiger partial charge in [-0.25, -0.2) is 4.79 Å². The molecule has 2 atom stereocenters. The zero-order chi connectivity index (χ0) is 19.7. The van der Waals surface area contributed by atoms with Gasteiger partial charge in [-0.15, -0.1) is 0 Å². The fourth-order valence-electron chi connectivity index (χ4n) is 2.02. The van der Waals surface area contributed by atoms with Crippen LogP contribution in [0.15, 0.2) is 18.2 Å². The number of rotatable bonds is 9. The number of halogens is 2. The summed E-state index contributed by atoms with van der Waals surface area (Å²) in [6.45, 7) is 3.68. The van der Waals surface area contributed by atoms with Crippen molar-refractivity contribution in [2.75, 3.05) is 18.6 Å². The van der Waals surface area contributed by atoms with Gasteiger partial charge in [0.05, 0.1) is 10.6 Å². The van der Waals surface area contributed by atoms with Crippen molar-refractivity contribution < 1.29 is 19.1 Å². The molecule has 1 aromatic rings. The number of carbonyl (C=O) groups is 3. The molecule has 0 unspecified atom stereocenters. The lowest BCUT2D eigenvalue weighted by Crippen LogP contribution is -2.45. The smallest absolute Gasteiger partial charge is 0.329 e. The van der Waals surface area contributed by atoms with Gasteiger partial charge in [-0.2, -0.15) is 11.8 Å². The van der Waals surface area contributed by atoms with E-state index >= 15 is 0 Å². The minimum Gasteiger partial charge on any atom is -0.451 e. The van der Waals surface area contributed by atoms with E-state index in [9.17, 15) is 14.4 Å². The van der Waals surface area contributed by atoms with E-state index in [0.717, 1.165) is 0 Å². The van der Waals surface area contributed by atoms with Crippen molar-refractivity contribution in [2.24, 2.45) is 0 Å². The minimum atomic E-state index is -0.949. The summed E-state index contributed by atoms with van der Waals surface area (Å²) in [5, 5.41) is 5.78. The number of hydrogen-bond acceptors (Lipinski definition) is 5. The molecule has 0 aliphatic rings. The van der Waals surface area contributed by atoms with Crippen LogP contribution in [0, 0.1) is 0 Å². The molecule has 0 fully saturated rings. The van der Waals surface area contributed by atoms with Crippen LogP contribution in [0.2, 0.25) is 10.0 Å². The SMILES string of the molecule is CCNC(=O)[C@H](C)OC(=O)[C@@H](CCSC)NC(=O)c1ccc(Cl)cc1Cl. The first-order valence-corrected chi connectivity index (χ1v) is 10.2. The van der Waals surface area contributed by atoms with E-state index in [1.54, 1.807) is 6.92 Å². The molecule has 6 nitrogen and oxygen atoms in total. The first-order valence-electron chi connectivity index (χ1n) is 8.03. The van der Waals surface area contributed by atoms with E-state index in [1.807, 2.05) is 6.26 Å². The number of thioether (sulfide) groups is 1. The molecule has 0 saturated heterocycles. The lowest BCUT2D eigenvalue weighted by Gasteiger charge is -2.20. The summed E-state index contributed by atoms with van der Waals surface area (Å²) in [5.74, 6) is -0.947. The van der Waals surface area contributed by atoms with Crippen molar-refractivity contribution in [3.63, 3.8) is 0 Å². The van der Waals surface area contributed by atoms with Gasteiger partial charge in [0, 0.05) is 11.6 Å². The third-order valence-electron chi connectivity index (χ3n) is 3.39. The normalized spacial score (nSPS) is 12.8. The van der Waals surface area contributed by atoms with Gasteiger partial charge in [-0.05, 0) is 50.5 Å². The maximum absolute atomic E-state index is 12.4. The quantitative estimate of drug-likeness (QED) is 0.599. The van der Waals surface area contributed by atoms with Gasteiger partial charge in [0.15, 0.2) is 6.10 Å². The highest BCUT2D eigenvalue weighted by Gasteiger charge is 2.27. The van der Waals surface area contributed by atoms with Crippen molar-refractivity contribution >= 4 is 52.7 Å². The van der Waals surface area contributed by atoms with E-state index in [-0.39, 0.29) is 10.6 Å². The topological polar surface area (TPSA) is 84.5 Å². The van der Waals surface area contributed by atoms with Gasteiger partial charge in [0.25, 0.3) is 11.8 Å². The monoisotopic (exact) mass is 420 g/mol. The number of esters is 1. The molecule has 0 radical (unpaired) electrons. The molecule has 0 aliphatic carbocycles. The van der Waals surface area contributed by atoms with Gasteiger partial charge in [0.1, 0.15) is 6.04 Å². The molecule has 2 amide bonds. The van der Waals surface area contributed by atoms with Gasteiger partial charge in [0.2, 0.25) is 0 Å². The fraction of sp³-hybridized carbons (Fsp3) is 0.471. The van der Waals surface area contributed by atoms with Crippen molar-refractivity contribution in [1.82, 2.24) is 10.6 Å². The minimum absolute atomic E-state index is 0.183. The van der Waals surface area contributed by atoms with Crippen LogP contribution < -0.4 is 10.6 Å². The number of hydrogen-bond donors (Lipinski definition) is 2. The summed E-state index contributed by atoms with van der Waals surface area (Å²) in [6.07, 6.45) is 1.30. The maximum Gasteiger partial charge on any atom is 0.329 e. The van der Waals surface area contributed by atoms with E-state index in [4.69, 9.17) is 27.9 Å². The van der Waals surface area contributed by atoms with Crippen LogP contribution in [0.5, 0.6) is 0 Å². The first kappa shape index (κ1) is 22.6. The van der Waals surface area contributed by atoms with Gasteiger partial charge < -0.3 is 15.4 Å². The third-order valence-corrected chi connectivity index (χ3v) is 4.58. The summed E-state index contributed by atoms with van der Waals surface area (Å²) in [4.78, 5) is 36.6. The van der Waals surface area contributed by atoms with Crippen LogP contribution in [0.1, 0.15) is 30.6 Å². The number of carbonyl (C=O) groups excluding carboxylic acids is 3. The fourth-order valence-corrected chi connectivity index (χ4v) is 2.99. The van der Waals surface area contributed by atoms with Crippen LogP contribution in [-0.4, -0.2) is 48.5 Å². The molecular weight excluding hydrogens is 399 g/mol. The lowest BCUT2D eigenvalue weighted by atomic mass is 10.1. The highest BCUT2D eigenvalue weighted by molar-refractivity contribution is 7.98. The average molecular weight is 421 g/mol. The Hall–Kier alpha value is -1.44. The van der Waals surface area contributed by atoms with E-state index in [0.29, 0.717) is 23.7 Å². The van der Waals surface area contributed by atoms with Crippen molar-refractivity contribution in [2.45, 2.75) is 32.4 Å². The van der Waals surface area contributed by atoms with Crippen LogP contribution >= 0.6 is 35.0 Å². The van der Waals surface area contributed by atoms with E-state index in [1.165, 1.54) is 36.9 Å². The highest BCUT2D eigenvalue weighted by atomic mass is 35.5. The van der Waals surface area contributed by atoms with Crippen LogP contribution in [-0.2, 0) is 14.3 Å². The Bertz CT molecular complexity index is 658. The second-order valence-corrected chi connectivity index (χ2v) is 7.23. The summed E-state index contributed by atoms with van der Waals surface area (Å²) < 4.78 is 5.18. The number of likely N-dealkylation sites (N-methyl/N-ethyl adjacent to an activating group) is 1. The summed E-state index contributed by atoms with van der Waals surface area (Å²) in [5.41, 5.74) is 0.204. The molecule has 0 aromatic heterocycles. The molecule has 0 bridgehead atoms. The van der Waals surface area contributed by atoms with Crippen molar-refractivity contribution in [1.29, 1.82) is 0 Å². The summed E-state index contributed by atoms with van der Waals surface area (Å²) in [7, 11) is 0. The average Bonchev–Trinajstić information content (AvgIpc) is 2.58. The maximum atomic E-state index is 12.4. The number of benzene rings is 1. The molecule has 0 heterocycles.